The monoisotopic (exact) mass is 383 g/mol. The third-order valence-corrected chi connectivity index (χ3v) is 5.14. The van der Waals surface area contributed by atoms with Gasteiger partial charge in [0.25, 0.3) is 0 Å². The van der Waals surface area contributed by atoms with Crippen molar-refractivity contribution in [1.29, 1.82) is 0 Å². The Morgan fingerprint density at radius 3 is 2.78 bits per heavy atom. The molecule has 1 aliphatic heterocycles. The Labute approximate surface area is 160 Å². The molecular formula is C19H19N4O3S+. The number of aromatic nitrogens is 3. The molecule has 0 radical (unpaired) electrons. The zero-order valence-corrected chi connectivity index (χ0v) is 16.0. The summed E-state index contributed by atoms with van der Waals surface area (Å²) in [6.45, 7) is 5.33. The van der Waals surface area contributed by atoms with E-state index < -0.39 is 6.17 Å². The summed E-state index contributed by atoms with van der Waals surface area (Å²) >= 11 is 1.43. The third-order valence-electron chi connectivity index (χ3n) is 4.39. The van der Waals surface area contributed by atoms with Crippen LogP contribution >= 0.6 is 11.8 Å². The van der Waals surface area contributed by atoms with Gasteiger partial charge in [-0.2, -0.15) is 0 Å². The predicted molar refractivity (Wildman–Crippen MR) is 102 cm³/mol. The van der Waals surface area contributed by atoms with Gasteiger partial charge in [-0.15, -0.1) is 0 Å². The van der Waals surface area contributed by atoms with Crippen LogP contribution in [0.25, 0.3) is 11.3 Å². The summed E-state index contributed by atoms with van der Waals surface area (Å²) in [5, 5.41) is 5.13. The number of anilines is 1. The smallest absolute Gasteiger partial charge is 0.325 e. The maximum Gasteiger partial charge on any atom is 0.325 e. The largest absolute Gasteiger partial charge is 0.457 e. The zero-order chi connectivity index (χ0) is 19.1. The van der Waals surface area contributed by atoms with Crippen molar-refractivity contribution in [3.05, 3.63) is 58.3 Å². The van der Waals surface area contributed by atoms with E-state index in [1.807, 2.05) is 50.2 Å². The number of aromatic amines is 1. The van der Waals surface area contributed by atoms with E-state index in [-0.39, 0.29) is 11.5 Å². The van der Waals surface area contributed by atoms with E-state index in [9.17, 15) is 9.59 Å². The highest BCUT2D eigenvalue weighted by atomic mass is 32.2. The van der Waals surface area contributed by atoms with Crippen LogP contribution in [0.5, 0.6) is 0 Å². The first-order chi connectivity index (χ1) is 13.0. The number of carbonyl (C=O) groups excluding carboxylic acids is 1. The Bertz CT molecular complexity index is 1090. The van der Waals surface area contributed by atoms with Gasteiger partial charge >= 0.3 is 17.4 Å². The summed E-state index contributed by atoms with van der Waals surface area (Å²) in [5.41, 5.74) is 1.48. The van der Waals surface area contributed by atoms with E-state index in [0.717, 1.165) is 11.5 Å². The second kappa shape index (κ2) is 6.70. The van der Waals surface area contributed by atoms with Gasteiger partial charge in [0.15, 0.2) is 5.76 Å². The van der Waals surface area contributed by atoms with E-state index in [4.69, 9.17) is 4.42 Å². The second-order valence-corrected chi connectivity index (χ2v) is 7.47. The molecule has 1 aromatic carbocycles. The molecule has 1 atom stereocenters. The van der Waals surface area contributed by atoms with Gasteiger partial charge in [0.1, 0.15) is 5.76 Å². The molecule has 27 heavy (non-hydrogen) atoms. The van der Waals surface area contributed by atoms with Crippen molar-refractivity contribution in [2.75, 3.05) is 10.7 Å². The number of aryl methyl sites for hydroxylation is 1. The molecular weight excluding hydrogens is 364 g/mol. The number of nitrogens with one attached hydrogen (secondary N) is 1. The van der Waals surface area contributed by atoms with Crippen LogP contribution in [0.2, 0.25) is 0 Å². The number of thioether (sulfide) groups is 1. The molecule has 0 saturated heterocycles. The minimum absolute atomic E-state index is 0.161. The highest BCUT2D eigenvalue weighted by Gasteiger charge is 2.46. The number of H-pyrrole nitrogens is 1. The van der Waals surface area contributed by atoms with Crippen LogP contribution in [0.1, 0.15) is 31.5 Å². The Morgan fingerprint density at radius 1 is 1.33 bits per heavy atom. The number of carbonyl (C=O) groups is 1. The summed E-state index contributed by atoms with van der Waals surface area (Å²) in [4.78, 5) is 30.0. The molecule has 0 spiro atoms. The number of hydrogen-bond acceptors (Lipinski definition) is 5. The van der Waals surface area contributed by atoms with Crippen LogP contribution in [0, 0.1) is 6.92 Å². The average Bonchev–Trinajstić information content (AvgIpc) is 3.06. The molecule has 0 bridgehead atoms. The summed E-state index contributed by atoms with van der Waals surface area (Å²) < 4.78 is 7.44. The van der Waals surface area contributed by atoms with Crippen molar-refractivity contribution < 1.29 is 13.9 Å². The molecule has 1 aliphatic rings. The van der Waals surface area contributed by atoms with Gasteiger partial charge in [-0.25, -0.2) is 4.90 Å². The number of amides is 1. The Kier molecular flexibility index (Phi) is 4.35. The third kappa shape index (κ3) is 2.86. The van der Waals surface area contributed by atoms with Crippen molar-refractivity contribution in [2.24, 2.45) is 0 Å². The summed E-state index contributed by atoms with van der Waals surface area (Å²) in [6.07, 6.45) is -0.667. The fourth-order valence-electron chi connectivity index (χ4n) is 3.36. The van der Waals surface area contributed by atoms with E-state index in [1.165, 1.54) is 18.7 Å². The van der Waals surface area contributed by atoms with Crippen molar-refractivity contribution in [1.82, 2.24) is 10.1 Å². The van der Waals surface area contributed by atoms with Crippen LogP contribution < -0.4 is 15.1 Å². The lowest BCUT2D eigenvalue weighted by Crippen LogP contribution is -2.60. The van der Waals surface area contributed by atoms with Crippen LogP contribution in [0.4, 0.5) is 5.69 Å². The molecule has 1 amide bonds. The number of furan rings is 1. The number of fused-ring (bicyclic) bond motifs is 3. The van der Waals surface area contributed by atoms with Crippen molar-refractivity contribution in [3.63, 3.8) is 0 Å². The predicted octanol–water partition coefficient (Wildman–Crippen LogP) is 2.65. The first-order valence-electron chi connectivity index (χ1n) is 8.65. The maximum atomic E-state index is 12.9. The Hall–Kier alpha value is -2.87. The summed E-state index contributed by atoms with van der Waals surface area (Å²) in [7, 11) is 0. The Morgan fingerprint density at radius 2 is 2.11 bits per heavy atom. The summed E-state index contributed by atoms with van der Waals surface area (Å²) in [6, 6.07) is 11.0. The number of para-hydroxylation sites is 1. The standard InChI is InChI=1S/C19H18N4O3S/c1-4-27-19-20-17(25)16-13-7-5-6-8-14(13)22(12(3)24)18(23(16)21-19)15-10-9-11(2)26-15/h5-10,18H,4H2,1-3H3/p+1/t18-/m0/s1. The highest BCUT2D eigenvalue weighted by molar-refractivity contribution is 7.99. The van der Waals surface area contributed by atoms with E-state index >= 15 is 0 Å². The highest BCUT2D eigenvalue weighted by Crippen LogP contribution is 2.37. The van der Waals surface area contributed by atoms with Crippen molar-refractivity contribution in [2.45, 2.75) is 32.1 Å². The Balaban J connectivity index is 2.07. The first-order valence-corrected chi connectivity index (χ1v) is 9.64. The molecule has 8 heteroatoms. The molecule has 2 aromatic heterocycles. The molecule has 4 rings (SSSR count). The maximum absolute atomic E-state index is 12.9. The molecule has 3 heterocycles. The summed E-state index contributed by atoms with van der Waals surface area (Å²) in [5.74, 6) is 1.88. The number of nitrogens with zero attached hydrogens (tertiary/aromatic N) is 3. The first kappa shape index (κ1) is 17.5. The molecule has 138 valence electrons. The molecule has 0 saturated carbocycles. The SMILES string of the molecule is CCSc1n[n+]2c(c(=O)[nH]1)-c1ccccc1N(C(C)=O)[C@@H]2c1ccc(C)o1. The van der Waals surface area contributed by atoms with Crippen molar-refractivity contribution in [3.8, 4) is 11.3 Å². The minimum atomic E-state index is -0.667. The van der Waals surface area contributed by atoms with Gasteiger partial charge in [-0.05, 0) is 41.6 Å². The van der Waals surface area contributed by atoms with E-state index in [1.54, 1.807) is 9.58 Å². The second-order valence-electron chi connectivity index (χ2n) is 6.21. The zero-order valence-electron chi connectivity index (χ0n) is 15.2. The number of benzene rings is 1. The van der Waals surface area contributed by atoms with Gasteiger partial charge in [0, 0.05) is 12.0 Å². The van der Waals surface area contributed by atoms with Gasteiger partial charge in [-0.3, -0.25) is 14.6 Å². The fourth-order valence-corrected chi connectivity index (χ4v) is 3.95. The number of hydrogen-bond donors (Lipinski definition) is 1. The fraction of sp³-hybridized carbons (Fsp3) is 0.263. The molecule has 0 aliphatic carbocycles. The lowest BCUT2D eigenvalue weighted by Gasteiger charge is -2.29. The van der Waals surface area contributed by atoms with Crippen LogP contribution in [0.3, 0.4) is 0 Å². The van der Waals surface area contributed by atoms with E-state index in [0.29, 0.717) is 27.9 Å². The van der Waals surface area contributed by atoms with Crippen LogP contribution in [-0.2, 0) is 4.79 Å². The van der Waals surface area contributed by atoms with Crippen molar-refractivity contribution >= 4 is 23.4 Å². The van der Waals surface area contributed by atoms with Crippen LogP contribution in [-0.4, -0.2) is 21.7 Å². The molecule has 1 N–H and O–H groups in total. The molecule has 7 nitrogen and oxygen atoms in total. The van der Waals surface area contributed by atoms with Gasteiger partial charge in [0.2, 0.25) is 11.1 Å². The molecule has 3 aromatic rings. The normalized spacial score (nSPS) is 15.4. The number of rotatable bonds is 3. The van der Waals surface area contributed by atoms with E-state index in [2.05, 4.69) is 10.1 Å². The molecule has 0 unspecified atom stereocenters. The lowest BCUT2D eigenvalue weighted by molar-refractivity contribution is -0.764. The lowest BCUT2D eigenvalue weighted by atomic mass is 10.0. The minimum Gasteiger partial charge on any atom is -0.457 e. The quantitative estimate of drug-likeness (QED) is 0.555. The van der Waals surface area contributed by atoms with Crippen LogP contribution in [0.15, 0.2) is 50.8 Å². The molecule has 0 fully saturated rings. The van der Waals surface area contributed by atoms with Gasteiger partial charge in [0.05, 0.1) is 11.3 Å². The van der Waals surface area contributed by atoms with Gasteiger partial charge in [-0.1, -0.05) is 30.8 Å². The van der Waals surface area contributed by atoms with Gasteiger partial charge < -0.3 is 4.42 Å². The topological polar surface area (TPSA) is 83.1 Å². The average molecular weight is 383 g/mol.